The molecule has 8 unspecified atom stereocenters. The number of carbonyl (C=O) groups is 1. The molecular formula is C29H48O4. The summed E-state index contributed by atoms with van der Waals surface area (Å²) in [5.41, 5.74) is 0.943. The Morgan fingerprint density at radius 3 is 2.52 bits per heavy atom. The minimum absolute atomic E-state index is 0.0166. The maximum absolute atomic E-state index is 12.4. The summed E-state index contributed by atoms with van der Waals surface area (Å²) in [6.07, 6.45) is 16.1. The number of aliphatic hydroxyl groups is 2. The summed E-state index contributed by atoms with van der Waals surface area (Å²) in [5, 5.41) is 20.6. The van der Waals surface area contributed by atoms with Crippen molar-refractivity contribution >= 4 is 5.97 Å². The first kappa shape index (κ1) is 29.4. The number of hydrogen-bond acceptors (Lipinski definition) is 4. The van der Waals surface area contributed by atoms with Gasteiger partial charge in [-0.15, -0.1) is 0 Å². The Morgan fingerprint density at radius 1 is 1.15 bits per heavy atom. The zero-order chi connectivity index (χ0) is 25.0. The van der Waals surface area contributed by atoms with Crippen LogP contribution in [0, 0.1) is 29.6 Å². The van der Waals surface area contributed by atoms with E-state index >= 15 is 0 Å². The van der Waals surface area contributed by atoms with Gasteiger partial charge in [-0.1, -0.05) is 90.5 Å². The smallest absolute Gasteiger partial charge is 0.309 e. The summed E-state index contributed by atoms with van der Waals surface area (Å²) >= 11 is 0. The van der Waals surface area contributed by atoms with Gasteiger partial charge in [-0.05, 0) is 55.4 Å². The van der Waals surface area contributed by atoms with Crippen LogP contribution in [0.3, 0.4) is 0 Å². The van der Waals surface area contributed by atoms with Crippen LogP contribution in [0.5, 0.6) is 0 Å². The van der Waals surface area contributed by atoms with Gasteiger partial charge >= 0.3 is 5.97 Å². The molecule has 0 aliphatic carbocycles. The molecule has 4 nitrogen and oxygen atoms in total. The molecule has 0 aromatic carbocycles. The highest BCUT2D eigenvalue weighted by atomic mass is 16.5. The maximum Gasteiger partial charge on any atom is 0.309 e. The molecule has 0 aromatic heterocycles. The van der Waals surface area contributed by atoms with Crippen LogP contribution in [0.2, 0.25) is 0 Å². The lowest BCUT2D eigenvalue weighted by molar-refractivity contribution is -0.151. The van der Waals surface area contributed by atoms with E-state index in [1.165, 1.54) is 6.42 Å². The van der Waals surface area contributed by atoms with E-state index in [9.17, 15) is 15.0 Å². The Balaban J connectivity index is 2.85. The summed E-state index contributed by atoms with van der Waals surface area (Å²) in [7, 11) is 0. The Bertz CT molecular complexity index is 690. The number of carbonyl (C=O) groups excluding carboxylic acids is 1. The Labute approximate surface area is 202 Å². The molecule has 0 aromatic rings. The van der Waals surface area contributed by atoms with Crippen LogP contribution in [0.4, 0.5) is 0 Å². The van der Waals surface area contributed by atoms with Gasteiger partial charge in [-0.2, -0.15) is 0 Å². The van der Waals surface area contributed by atoms with Crippen molar-refractivity contribution in [1.82, 2.24) is 0 Å². The summed E-state index contributed by atoms with van der Waals surface area (Å²) in [5.74, 6) is 1.27. The van der Waals surface area contributed by atoms with Crippen molar-refractivity contribution in [3.8, 4) is 0 Å². The first-order valence-electron chi connectivity index (χ1n) is 12.8. The van der Waals surface area contributed by atoms with E-state index in [2.05, 4.69) is 45.9 Å². The molecule has 0 bridgehead atoms. The number of aliphatic hydroxyl groups excluding tert-OH is 2. The SMILES string of the molecule is CCC(C)C(C)/C=C/CC(C)/C=C/C=C(\C)C1OC(=O)CC(O)CCC(C)C(O)/C=C/C1C. The summed E-state index contributed by atoms with van der Waals surface area (Å²) in [6.45, 7) is 14.9. The molecule has 1 aliphatic rings. The van der Waals surface area contributed by atoms with Crippen molar-refractivity contribution in [3.05, 3.63) is 48.1 Å². The number of rotatable bonds is 8. The van der Waals surface area contributed by atoms with Crippen LogP contribution in [0.15, 0.2) is 48.1 Å². The van der Waals surface area contributed by atoms with E-state index in [-0.39, 0.29) is 24.2 Å². The van der Waals surface area contributed by atoms with E-state index < -0.39 is 18.3 Å². The predicted molar refractivity (Wildman–Crippen MR) is 138 cm³/mol. The standard InChI is InChI=1S/C29H48O4/c1-8-21(3)22(4)13-9-11-20(2)12-10-14-24(6)29-25(7)16-18-27(31)23(5)15-17-26(30)19-28(32)33-29/h9-10,12-14,16,18,20-23,25-27,29-31H,8,11,15,17,19H2,1-7H3/b12-10+,13-9+,18-16+,24-14+. The van der Waals surface area contributed by atoms with Crippen LogP contribution in [-0.2, 0) is 9.53 Å². The fourth-order valence-corrected chi connectivity index (χ4v) is 3.94. The van der Waals surface area contributed by atoms with E-state index in [0.29, 0.717) is 30.6 Å². The third kappa shape index (κ3) is 11.4. The van der Waals surface area contributed by atoms with E-state index in [1.54, 1.807) is 6.08 Å². The molecule has 0 saturated heterocycles. The van der Waals surface area contributed by atoms with Crippen molar-refractivity contribution in [3.63, 3.8) is 0 Å². The largest absolute Gasteiger partial charge is 0.457 e. The minimum Gasteiger partial charge on any atom is -0.457 e. The van der Waals surface area contributed by atoms with Crippen LogP contribution in [0.1, 0.15) is 80.6 Å². The number of ether oxygens (including phenoxy) is 1. The zero-order valence-corrected chi connectivity index (χ0v) is 21.9. The monoisotopic (exact) mass is 460 g/mol. The second-order valence-electron chi connectivity index (χ2n) is 10.2. The lowest BCUT2D eigenvalue weighted by Crippen LogP contribution is -2.29. The Morgan fingerprint density at radius 2 is 1.85 bits per heavy atom. The van der Waals surface area contributed by atoms with Crippen molar-refractivity contribution in [2.75, 3.05) is 0 Å². The number of esters is 1. The molecule has 188 valence electrons. The first-order chi connectivity index (χ1) is 15.5. The lowest BCUT2D eigenvalue weighted by atomic mass is 9.92. The van der Waals surface area contributed by atoms with Crippen molar-refractivity contribution in [1.29, 1.82) is 0 Å². The van der Waals surface area contributed by atoms with E-state index in [0.717, 1.165) is 12.0 Å². The number of hydrogen-bond donors (Lipinski definition) is 2. The molecule has 33 heavy (non-hydrogen) atoms. The Kier molecular flexibility index (Phi) is 13.6. The second kappa shape index (κ2) is 15.3. The molecule has 0 spiro atoms. The van der Waals surface area contributed by atoms with Crippen molar-refractivity contribution < 1.29 is 19.7 Å². The van der Waals surface area contributed by atoms with Gasteiger partial charge < -0.3 is 14.9 Å². The highest BCUT2D eigenvalue weighted by Crippen LogP contribution is 2.23. The summed E-state index contributed by atoms with van der Waals surface area (Å²) in [4.78, 5) is 12.4. The number of cyclic esters (lactones) is 1. The highest BCUT2D eigenvalue weighted by molar-refractivity contribution is 5.70. The zero-order valence-electron chi connectivity index (χ0n) is 21.9. The van der Waals surface area contributed by atoms with Crippen molar-refractivity contribution in [2.24, 2.45) is 29.6 Å². The molecular weight excluding hydrogens is 412 g/mol. The van der Waals surface area contributed by atoms with Gasteiger partial charge in [0.15, 0.2) is 0 Å². The molecule has 2 N–H and O–H groups in total. The van der Waals surface area contributed by atoms with Crippen LogP contribution < -0.4 is 0 Å². The minimum atomic E-state index is -0.743. The molecule has 1 aliphatic heterocycles. The van der Waals surface area contributed by atoms with Gasteiger partial charge in [-0.3, -0.25) is 4.79 Å². The fraction of sp³-hybridized carbons (Fsp3) is 0.690. The maximum atomic E-state index is 12.4. The van der Waals surface area contributed by atoms with Crippen LogP contribution >= 0.6 is 0 Å². The highest BCUT2D eigenvalue weighted by Gasteiger charge is 2.25. The van der Waals surface area contributed by atoms with Crippen LogP contribution in [-0.4, -0.2) is 34.5 Å². The van der Waals surface area contributed by atoms with Gasteiger partial charge in [-0.25, -0.2) is 0 Å². The first-order valence-corrected chi connectivity index (χ1v) is 12.8. The van der Waals surface area contributed by atoms with Gasteiger partial charge in [0.05, 0.1) is 18.6 Å². The molecule has 0 amide bonds. The average Bonchev–Trinajstić information content (AvgIpc) is 2.77. The van der Waals surface area contributed by atoms with Gasteiger partial charge in [0.1, 0.15) is 6.10 Å². The molecule has 4 heteroatoms. The van der Waals surface area contributed by atoms with Crippen LogP contribution in [0.25, 0.3) is 0 Å². The van der Waals surface area contributed by atoms with Gasteiger partial charge in [0.2, 0.25) is 0 Å². The fourth-order valence-electron chi connectivity index (χ4n) is 3.94. The lowest BCUT2D eigenvalue weighted by Gasteiger charge is -2.26. The predicted octanol–water partition coefficient (Wildman–Crippen LogP) is 6.40. The average molecular weight is 461 g/mol. The quantitative estimate of drug-likeness (QED) is 0.250. The third-order valence-electron chi connectivity index (χ3n) is 7.02. The molecule has 0 fully saturated rings. The molecule has 1 rings (SSSR count). The summed E-state index contributed by atoms with van der Waals surface area (Å²) in [6, 6.07) is 0. The van der Waals surface area contributed by atoms with Gasteiger partial charge in [0.25, 0.3) is 0 Å². The molecule has 0 saturated carbocycles. The second-order valence-corrected chi connectivity index (χ2v) is 10.2. The normalized spacial score (nSPS) is 32.1. The van der Waals surface area contributed by atoms with E-state index in [1.807, 2.05) is 39.0 Å². The Hall–Kier alpha value is -1.65. The summed E-state index contributed by atoms with van der Waals surface area (Å²) < 4.78 is 5.77. The van der Waals surface area contributed by atoms with Crippen molar-refractivity contribution in [2.45, 2.75) is 98.9 Å². The topological polar surface area (TPSA) is 66.8 Å². The molecule has 8 atom stereocenters. The molecule has 0 radical (unpaired) electrons. The molecule has 1 heterocycles. The van der Waals surface area contributed by atoms with E-state index in [4.69, 9.17) is 4.74 Å². The van der Waals surface area contributed by atoms with Gasteiger partial charge in [0, 0.05) is 5.92 Å². The number of allylic oxidation sites excluding steroid dienone is 5. The third-order valence-corrected chi connectivity index (χ3v) is 7.02.